The van der Waals surface area contributed by atoms with E-state index < -0.39 is 0 Å². The third-order valence-electron chi connectivity index (χ3n) is 3.12. The normalized spacial score (nSPS) is 10.8. The molecular formula is C15H11Cl2N3O. The van der Waals surface area contributed by atoms with Crippen LogP contribution in [0.5, 0.6) is 0 Å². The lowest BCUT2D eigenvalue weighted by Crippen LogP contribution is -2.12. The maximum atomic E-state index is 12.4. The zero-order valence-electron chi connectivity index (χ0n) is 11.1. The number of carbonyl (C=O) groups is 1. The van der Waals surface area contributed by atoms with Crippen LogP contribution in [0.25, 0.3) is 5.52 Å². The van der Waals surface area contributed by atoms with Gasteiger partial charge in [0.1, 0.15) is 5.82 Å². The second-order valence-electron chi connectivity index (χ2n) is 4.55. The molecule has 0 aliphatic carbocycles. The van der Waals surface area contributed by atoms with E-state index in [2.05, 4.69) is 10.3 Å². The molecule has 2 aromatic heterocycles. The van der Waals surface area contributed by atoms with Gasteiger partial charge in [-0.3, -0.25) is 4.79 Å². The molecule has 0 unspecified atom stereocenters. The number of pyridine rings is 1. The third kappa shape index (κ3) is 2.60. The molecular weight excluding hydrogens is 309 g/mol. The van der Waals surface area contributed by atoms with Gasteiger partial charge in [0.25, 0.3) is 5.91 Å². The van der Waals surface area contributed by atoms with Crippen molar-refractivity contribution in [3.8, 4) is 0 Å². The van der Waals surface area contributed by atoms with Gasteiger partial charge in [0.15, 0.2) is 5.69 Å². The number of hydrogen-bond acceptors (Lipinski definition) is 2. The molecule has 1 N–H and O–H groups in total. The van der Waals surface area contributed by atoms with Crippen LogP contribution in [0.3, 0.4) is 0 Å². The van der Waals surface area contributed by atoms with Crippen molar-refractivity contribution in [1.82, 2.24) is 9.38 Å². The van der Waals surface area contributed by atoms with Gasteiger partial charge in [-0.2, -0.15) is 0 Å². The summed E-state index contributed by atoms with van der Waals surface area (Å²) in [7, 11) is 0. The second kappa shape index (κ2) is 5.39. The number of aromatic nitrogens is 2. The number of carbonyl (C=O) groups excluding carboxylic acids is 1. The molecule has 106 valence electrons. The summed E-state index contributed by atoms with van der Waals surface area (Å²) in [4.78, 5) is 16.7. The largest absolute Gasteiger partial charge is 0.321 e. The predicted molar refractivity (Wildman–Crippen MR) is 84.3 cm³/mol. The molecule has 0 bridgehead atoms. The molecule has 2 heterocycles. The molecule has 0 fully saturated rings. The van der Waals surface area contributed by atoms with Crippen molar-refractivity contribution in [3.63, 3.8) is 0 Å². The number of aryl methyl sites for hydroxylation is 1. The van der Waals surface area contributed by atoms with E-state index in [0.717, 1.165) is 11.3 Å². The summed E-state index contributed by atoms with van der Waals surface area (Å²) in [5, 5.41) is 3.61. The van der Waals surface area contributed by atoms with Gasteiger partial charge in [0, 0.05) is 11.9 Å². The van der Waals surface area contributed by atoms with E-state index in [1.54, 1.807) is 18.2 Å². The average Bonchev–Trinajstić information content (AvgIpc) is 2.81. The highest BCUT2D eigenvalue weighted by Gasteiger charge is 2.15. The summed E-state index contributed by atoms with van der Waals surface area (Å²) < 4.78 is 1.86. The summed E-state index contributed by atoms with van der Waals surface area (Å²) in [5.74, 6) is 0.468. The van der Waals surface area contributed by atoms with Crippen LogP contribution in [0.1, 0.15) is 16.3 Å². The van der Waals surface area contributed by atoms with Gasteiger partial charge in [-0.25, -0.2) is 4.98 Å². The van der Waals surface area contributed by atoms with Gasteiger partial charge in [0.2, 0.25) is 0 Å². The predicted octanol–water partition coefficient (Wildman–Crippen LogP) is 4.20. The SMILES string of the molecule is Cc1nc(C(=O)Nc2ccc(Cl)c(Cl)c2)c2ccccn12. The van der Waals surface area contributed by atoms with Gasteiger partial charge >= 0.3 is 0 Å². The molecule has 3 rings (SSSR count). The number of fused-ring (bicyclic) bond motifs is 1. The Labute approximate surface area is 131 Å². The zero-order valence-corrected chi connectivity index (χ0v) is 12.6. The number of nitrogens with one attached hydrogen (secondary N) is 1. The fourth-order valence-electron chi connectivity index (χ4n) is 2.12. The molecule has 0 spiro atoms. The highest BCUT2D eigenvalue weighted by atomic mass is 35.5. The topological polar surface area (TPSA) is 46.4 Å². The van der Waals surface area contributed by atoms with Gasteiger partial charge in [-0.05, 0) is 37.3 Å². The zero-order chi connectivity index (χ0) is 15.0. The molecule has 0 radical (unpaired) electrons. The van der Waals surface area contributed by atoms with E-state index in [1.807, 2.05) is 35.7 Å². The molecule has 4 nitrogen and oxygen atoms in total. The minimum absolute atomic E-state index is 0.287. The second-order valence-corrected chi connectivity index (χ2v) is 5.36. The minimum atomic E-state index is -0.287. The van der Waals surface area contributed by atoms with Crippen molar-refractivity contribution in [2.45, 2.75) is 6.92 Å². The standard InChI is InChI=1S/C15H11Cl2N3O/c1-9-18-14(13-4-2-3-7-20(9)13)15(21)19-10-5-6-11(16)12(17)8-10/h2-8H,1H3,(H,19,21). The molecule has 3 aromatic rings. The van der Waals surface area contributed by atoms with Crippen LogP contribution < -0.4 is 5.32 Å². The van der Waals surface area contributed by atoms with Gasteiger partial charge in [0.05, 0.1) is 15.6 Å². The Bertz CT molecular complexity index is 842. The van der Waals surface area contributed by atoms with E-state index in [0.29, 0.717) is 21.4 Å². The number of halogens is 2. The molecule has 1 amide bonds. The summed E-state index contributed by atoms with van der Waals surface area (Å²) >= 11 is 11.8. The summed E-state index contributed by atoms with van der Waals surface area (Å²) in [6.45, 7) is 1.85. The fraction of sp³-hybridized carbons (Fsp3) is 0.0667. The maximum absolute atomic E-state index is 12.4. The molecule has 6 heteroatoms. The number of rotatable bonds is 2. The maximum Gasteiger partial charge on any atom is 0.276 e. The molecule has 0 saturated heterocycles. The lowest BCUT2D eigenvalue weighted by molar-refractivity contribution is 0.102. The Balaban J connectivity index is 1.95. The molecule has 0 aliphatic rings. The first-order chi connectivity index (χ1) is 10.1. The van der Waals surface area contributed by atoms with Crippen LogP contribution in [-0.2, 0) is 0 Å². The van der Waals surface area contributed by atoms with Crippen LogP contribution in [-0.4, -0.2) is 15.3 Å². The van der Waals surface area contributed by atoms with Crippen molar-refractivity contribution in [2.24, 2.45) is 0 Å². The van der Waals surface area contributed by atoms with Crippen molar-refractivity contribution in [2.75, 3.05) is 5.32 Å². The van der Waals surface area contributed by atoms with Crippen molar-refractivity contribution >= 4 is 40.3 Å². The van der Waals surface area contributed by atoms with Crippen LogP contribution in [0.15, 0.2) is 42.6 Å². The van der Waals surface area contributed by atoms with E-state index in [4.69, 9.17) is 23.2 Å². The Morgan fingerprint density at radius 3 is 2.76 bits per heavy atom. The van der Waals surface area contributed by atoms with Crippen molar-refractivity contribution in [3.05, 3.63) is 64.2 Å². The highest BCUT2D eigenvalue weighted by molar-refractivity contribution is 6.42. The van der Waals surface area contributed by atoms with Crippen LogP contribution in [0, 0.1) is 6.92 Å². The number of anilines is 1. The number of hydrogen-bond donors (Lipinski definition) is 1. The number of nitrogens with zero attached hydrogens (tertiary/aromatic N) is 2. The van der Waals surface area contributed by atoms with Crippen LogP contribution in [0.4, 0.5) is 5.69 Å². The monoisotopic (exact) mass is 319 g/mol. The van der Waals surface area contributed by atoms with Crippen LogP contribution >= 0.6 is 23.2 Å². The highest BCUT2D eigenvalue weighted by Crippen LogP contribution is 2.25. The third-order valence-corrected chi connectivity index (χ3v) is 3.86. The molecule has 21 heavy (non-hydrogen) atoms. The average molecular weight is 320 g/mol. The van der Waals surface area contributed by atoms with Gasteiger partial charge in [-0.1, -0.05) is 29.3 Å². The molecule has 0 saturated carbocycles. The van der Waals surface area contributed by atoms with E-state index >= 15 is 0 Å². The first-order valence-electron chi connectivity index (χ1n) is 6.26. The fourth-order valence-corrected chi connectivity index (χ4v) is 2.42. The Hall–Kier alpha value is -2.04. The number of amides is 1. The first kappa shape index (κ1) is 13.9. The summed E-state index contributed by atoms with van der Waals surface area (Å²) in [6, 6.07) is 10.5. The molecule has 0 aliphatic heterocycles. The quantitative estimate of drug-likeness (QED) is 0.769. The molecule has 1 aromatic carbocycles. The van der Waals surface area contributed by atoms with Crippen molar-refractivity contribution in [1.29, 1.82) is 0 Å². The van der Waals surface area contributed by atoms with Crippen molar-refractivity contribution < 1.29 is 4.79 Å². The van der Waals surface area contributed by atoms with E-state index in [1.165, 1.54) is 0 Å². The lowest BCUT2D eigenvalue weighted by atomic mass is 10.3. The summed E-state index contributed by atoms with van der Waals surface area (Å²) in [5.41, 5.74) is 1.70. The van der Waals surface area contributed by atoms with Crippen LogP contribution in [0.2, 0.25) is 10.0 Å². The number of imidazole rings is 1. The van der Waals surface area contributed by atoms with Gasteiger partial charge in [-0.15, -0.1) is 0 Å². The lowest BCUT2D eigenvalue weighted by Gasteiger charge is -2.05. The summed E-state index contributed by atoms with van der Waals surface area (Å²) in [6.07, 6.45) is 1.87. The molecule has 0 atom stereocenters. The Morgan fingerprint density at radius 1 is 1.19 bits per heavy atom. The Kier molecular flexibility index (Phi) is 3.57. The van der Waals surface area contributed by atoms with Gasteiger partial charge < -0.3 is 9.72 Å². The smallest absolute Gasteiger partial charge is 0.276 e. The number of benzene rings is 1. The minimum Gasteiger partial charge on any atom is -0.321 e. The first-order valence-corrected chi connectivity index (χ1v) is 7.02. The van der Waals surface area contributed by atoms with E-state index in [9.17, 15) is 4.79 Å². The Morgan fingerprint density at radius 2 is 2.00 bits per heavy atom. The van der Waals surface area contributed by atoms with E-state index in [-0.39, 0.29) is 5.91 Å².